The van der Waals surface area contributed by atoms with E-state index in [1.54, 1.807) is 12.1 Å². The van der Waals surface area contributed by atoms with Crippen LogP contribution in [0.2, 0.25) is 0 Å². The van der Waals surface area contributed by atoms with E-state index in [4.69, 9.17) is 0 Å². The minimum atomic E-state index is -0.212. The smallest absolute Gasteiger partial charge is 0.220 e. The predicted octanol–water partition coefficient (Wildman–Crippen LogP) is 3.06. The molecule has 1 aromatic carbocycles. The highest BCUT2D eigenvalue weighted by molar-refractivity contribution is 5.79. The number of halogens is 1. The zero-order valence-electron chi connectivity index (χ0n) is 11.0. The van der Waals surface area contributed by atoms with Gasteiger partial charge >= 0.3 is 0 Å². The molecule has 98 valence electrons. The Morgan fingerprint density at radius 1 is 1.44 bits per heavy atom. The van der Waals surface area contributed by atoms with Gasteiger partial charge in [-0.2, -0.15) is 0 Å². The van der Waals surface area contributed by atoms with Gasteiger partial charge in [0.05, 0.1) is 0 Å². The van der Waals surface area contributed by atoms with E-state index in [0.717, 1.165) is 18.4 Å². The second kappa shape index (κ2) is 5.09. The number of hydrogen-bond acceptors (Lipinski definition) is 1. The van der Waals surface area contributed by atoms with Crippen LogP contribution in [0, 0.1) is 11.7 Å². The molecule has 0 aromatic heterocycles. The lowest BCUT2D eigenvalue weighted by atomic mass is 9.82. The summed E-state index contributed by atoms with van der Waals surface area (Å²) in [4.78, 5) is 11.5. The molecule has 2 rings (SSSR count). The summed E-state index contributed by atoms with van der Waals surface area (Å²) >= 11 is 0. The second-order valence-electron chi connectivity index (χ2n) is 5.73. The van der Waals surface area contributed by atoms with Gasteiger partial charge in [0.15, 0.2) is 0 Å². The molecule has 1 saturated heterocycles. The highest BCUT2D eigenvalue weighted by Crippen LogP contribution is 2.31. The van der Waals surface area contributed by atoms with Gasteiger partial charge in [-0.05, 0) is 42.9 Å². The lowest BCUT2D eigenvalue weighted by Gasteiger charge is -2.31. The quantitative estimate of drug-likeness (QED) is 0.873. The van der Waals surface area contributed by atoms with Crippen LogP contribution in [0.25, 0.3) is 0 Å². The zero-order valence-corrected chi connectivity index (χ0v) is 11.0. The third-order valence-electron chi connectivity index (χ3n) is 3.47. The summed E-state index contributed by atoms with van der Waals surface area (Å²) in [6.07, 6.45) is 3.09. The molecule has 1 amide bonds. The number of rotatable bonds is 4. The summed E-state index contributed by atoms with van der Waals surface area (Å²) in [5.41, 5.74) is 0.775. The maximum absolute atomic E-state index is 13.2. The molecule has 1 aromatic rings. The second-order valence-corrected chi connectivity index (χ2v) is 5.73. The SMILES string of the molecule is CC(C)CC1(Cc2cccc(F)c2)CCC(=O)N1. The van der Waals surface area contributed by atoms with Gasteiger partial charge in [-0.25, -0.2) is 4.39 Å². The van der Waals surface area contributed by atoms with Crippen molar-refractivity contribution in [2.45, 2.75) is 45.1 Å². The number of carbonyl (C=O) groups excluding carboxylic acids is 1. The van der Waals surface area contributed by atoms with E-state index >= 15 is 0 Å². The van der Waals surface area contributed by atoms with Crippen molar-refractivity contribution in [3.8, 4) is 0 Å². The Morgan fingerprint density at radius 2 is 2.22 bits per heavy atom. The fourth-order valence-corrected chi connectivity index (χ4v) is 2.95. The van der Waals surface area contributed by atoms with Gasteiger partial charge in [-0.1, -0.05) is 26.0 Å². The van der Waals surface area contributed by atoms with Crippen molar-refractivity contribution >= 4 is 5.91 Å². The minimum absolute atomic E-state index is 0.118. The molecule has 1 aliphatic rings. The fourth-order valence-electron chi connectivity index (χ4n) is 2.95. The van der Waals surface area contributed by atoms with Crippen LogP contribution < -0.4 is 5.32 Å². The summed E-state index contributed by atoms with van der Waals surface area (Å²) in [6.45, 7) is 4.30. The number of nitrogens with one attached hydrogen (secondary N) is 1. The monoisotopic (exact) mass is 249 g/mol. The lowest BCUT2D eigenvalue weighted by Crippen LogP contribution is -2.44. The normalized spacial score (nSPS) is 23.4. The van der Waals surface area contributed by atoms with Gasteiger partial charge in [0.1, 0.15) is 5.82 Å². The third kappa shape index (κ3) is 3.09. The molecule has 1 aliphatic heterocycles. The van der Waals surface area contributed by atoms with Crippen molar-refractivity contribution < 1.29 is 9.18 Å². The van der Waals surface area contributed by atoms with Crippen LogP contribution in [0.5, 0.6) is 0 Å². The molecule has 2 nitrogen and oxygen atoms in total. The first-order valence-electron chi connectivity index (χ1n) is 6.55. The molecule has 18 heavy (non-hydrogen) atoms. The van der Waals surface area contributed by atoms with Crippen LogP contribution in [0.3, 0.4) is 0 Å². The standard InChI is InChI=1S/C15H20FNO/c1-11(2)9-15(7-6-14(18)17-15)10-12-4-3-5-13(16)8-12/h3-5,8,11H,6-7,9-10H2,1-2H3,(H,17,18). The van der Waals surface area contributed by atoms with Crippen molar-refractivity contribution in [2.24, 2.45) is 5.92 Å². The first-order chi connectivity index (χ1) is 8.49. The Morgan fingerprint density at radius 3 is 2.78 bits per heavy atom. The first-order valence-corrected chi connectivity index (χ1v) is 6.55. The molecule has 1 heterocycles. The van der Waals surface area contributed by atoms with Crippen LogP contribution >= 0.6 is 0 Å². The molecule has 0 aliphatic carbocycles. The number of benzene rings is 1. The molecular formula is C15H20FNO. The molecule has 0 spiro atoms. The average Bonchev–Trinajstić information content (AvgIpc) is 2.58. The van der Waals surface area contributed by atoms with Crippen molar-refractivity contribution in [3.05, 3.63) is 35.6 Å². The van der Waals surface area contributed by atoms with Crippen molar-refractivity contribution in [1.29, 1.82) is 0 Å². The Bertz CT molecular complexity index is 444. The topological polar surface area (TPSA) is 29.1 Å². The first kappa shape index (κ1) is 13.1. The lowest BCUT2D eigenvalue weighted by molar-refractivity contribution is -0.119. The number of hydrogen-bond donors (Lipinski definition) is 1. The molecule has 1 fully saturated rings. The minimum Gasteiger partial charge on any atom is -0.350 e. The van der Waals surface area contributed by atoms with Gasteiger partial charge in [-0.3, -0.25) is 4.79 Å². The number of amides is 1. The summed E-state index contributed by atoms with van der Waals surface area (Å²) < 4.78 is 13.2. The van der Waals surface area contributed by atoms with E-state index in [1.807, 2.05) is 6.07 Å². The van der Waals surface area contributed by atoms with E-state index in [9.17, 15) is 9.18 Å². The largest absolute Gasteiger partial charge is 0.350 e. The molecular weight excluding hydrogens is 229 g/mol. The molecule has 3 heteroatoms. The summed E-state index contributed by atoms with van der Waals surface area (Å²) in [5, 5.41) is 3.11. The summed E-state index contributed by atoms with van der Waals surface area (Å²) in [7, 11) is 0. The Labute approximate surface area is 108 Å². The Kier molecular flexibility index (Phi) is 3.69. The van der Waals surface area contributed by atoms with Crippen LogP contribution in [0.15, 0.2) is 24.3 Å². The zero-order chi connectivity index (χ0) is 13.2. The van der Waals surface area contributed by atoms with E-state index < -0.39 is 0 Å². The van der Waals surface area contributed by atoms with E-state index in [1.165, 1.54) is 6.07 Å². The molecule has 1 N–H and O–H groups in total. The van der Waals surface area contributed by atoms with Gasteiger partial charge in [0, 0.05) is 12.0 Å². The highest BCUT2D eigenvalue weighted by Gasteiger charge is 2.38. The summed E-state index contributed by atoms with van der Waals surface area (Å²) in [5.74, 6) is 0.417. The van der Waals surface area contributed by atoms with Crippen molar-refractivity contribution in [3.63, 3.8) is 0 Å². The van der Waals surface area contributed by atoms with Crippen LogP contribution in [0.4, 0.5) is 4.39 Å². The van der Waals surface area contributed by atoms with Crippen LogP contribution in [0.1, 0.15) is 38.7 Å². The van der Waals surface area contributed by atoms with Crippen molar-refractivity contribution in [2.75, 3.05) is 0 Å². The molecule has 1 unspecified atom stereocenters. The molecule has 1 atom stereocenters. The van der Waals surface area contributed by atoms with E-state index in [0.29, 0.717) is 18.8 Å². The summed E-state index contributed by atoms with van der Waals surface area (Å²) in [6, 6.07) is 6.67. The van der Waals surface area contributed by atoms with Crippen LogP contribution in [-0.4, -0.2) is 11.4 Å². The fraction of sp³-hybridized carbons (Fsp3) is 0.533. The van der Waals surface area contributed by atoms with Crippen molar-refractivity contribution in [1.82, 2.24) is 5.32 Å². The van der Waals surface area contributed by atoms with Gasteiger partial charge in [0.2, 0.25) is 5.91 Å². The van der Waals surface area contributed by atoms with E-state index in [2.05, 4.69) is 19.2 Å². The maximum Gasteiger partial charge on any atom is 0.220 e. The van der Waals surface area contributed by atoms with E-state index in [-0.39, 0.29) is 17.3 Å². The molecule has 0 saturated carbocycles. The molecule has 0 radical (unpaired) electrons. The van der Waals surface area contributed by atoms with Gasteiger partial charge < -0.3 is 5.32 Å². The van der Waals surface area contributed by atoms with Crippen LogP contribution in [-0.2, 0) is 11.2 Å². The number of carbonyl (C=O) groups is 1. The maximum atomic E-state index is 13.2. The average molecular weight is 249 g/mol. The Balaban J connectivity index is 2.18. The highest BCUT2D eigenvalue weighted by atomic mass is 19.1. The van der Waals surface area contributed by atoms with Gasteiger partial charge in [-0.15, -0.1) is 0 Å². The molecule has 0 bridgehead atoms. The third-order valence-corrected chi connectivity index (χ3v) is 3.47. The van der Waals surface area contributed by atoms with Gasteiger partial charge in [0.25, 0.3) is 0 Å². The predicted molar refractivity (Wildman–Crippen MR) is 69.7 cm³/mol. The Hall–Kier alpha value is -1.38.